The van der Waals surface area contributed by atoms with Gasteiger partial charge in [-0.15, -0.1) is 0 Å². The van der Waals surface area contributed by atoms with Crippen molar-refractivity contribution in [3.63, 3.8) is 0 Å². The molecule has 1 aromatic rings. The molecular formula is C16H27ISi. The average Bonchev–Trinajstić information content (AvgIpc) is 2.45. The molecule has 0 radical (unpaired) electrons. The van der Waals surface area contributed by atoms with Crippen LogP contribution >= 0.6 is 22.6 Å². The zero-order chi connectivity index (χ0) is 13.4. The van der Waals surface area contributed by atoms with E-state index in [1.807, 2.05) is 0 Å². The highest BCUT2D eigenvalue weighted by Crippen LogP contribution is 2.37. The Labute approximate surface area is 128 Å². The maximum atomic E-state index is 2.62. The van der Waals surface area contributed by atoms with Gasteiger partial charge in [0.1, 0.15) is 0 Å². The van der Waals surface area contributed by atoms with Gasteiger partial charge >= 0.3 is 0 Å². The number of rotatable bonds is 8. The lowest BCUT2D eigenvalue weighted by molar-refractivity contribution is 0.762. The normalized spacial score (nSPS) is 13.6. The monoisotopic (exact) mass is 374 g/mol. The van der Waals surface area contributed by atoms with Crippen LogP contribution in [0.25, 0.3) is 0 Å². The number of halogens is 1. The summed E-state index contributed by atoms with van der Waals surface area (Å²) in [7, 11) is -1.01. The quantitative estimate of drug-likeness (QED) is 0.300. The van der Waals surface area contributed by atoms with Crippen molar-refractivity contribution >= 4 is 30.7 Å². The van der Waals surface area contributed by atoms with E-state index >= 15 is 0 Å². The summed E-state index contributed by atoms with van der Waals surface area (Å²) in [5.41, 5.74) is 2.51. The van der Waals surface area contributed by atoms with Crippen molar-refractivity contribution in [2.24, 2.45) is 0 Å². The molecule has 102 valence electrons. The van der Waals surface area contributed by atoms with Crippen molar-refractivity contribution < 1.29 is 0 Å². The van der Waals surface area contributed by atoms with Crippen LogP contribution in [0.3, 0.4) is 0 Å². The van der Waals surface area contributed by atoms with Crippen LogP contribution in [-0.2, 0) is 6.42 Å². The second-order valence-electron chi connectivity index (χ2n) is 5.30. The predicted molar refractivity (Wildman–Crippen MR) is 94.6 cm³/mol. The van der Waals surface area contributed by atoms with Gasteiger partial charge in [0.25, 0.3) is 0 Å². The van der Waals surface area contributed by atoms with Crippen molar-refractivity contribution in [2.45, 2.75) is 57.3 Å². The number of alkyl halides is 1. The Hall–Kier alpha value is 0.167. The highest BCUT2D eigenvalue weighted by Gasteiger charge is 2.34. The smallest absolute Gasteiger partial charge is 0.0566 e. The fourth-order valence-electron chi connectivity index (χ4n) is 3.15. The van der Waals surface area contributed by atoms with Crippen LogP contribution in [0.1, 0.15) is 32.8 Å². The molecule has 0 N–H and O–H groups in total. The average molecular weight is 374 g/mol. The van der Waals surface area contributed by atoms with E-state index in [-0.39, 0.29) is 0 Å². The molecule has 0 amide bonds. The lowest BCUT2D eigenvalue weighted by Gasteiger charge is -2.36. The van der Waals surface area contributed by atoms with Gasteiger partial charge in [-0.1, -0.05) is 91.8 Å². The molecule has 0 bridgehead atoms. The van der Waals surface area contributed by atoms with Crippen LogP contribution < -0.4 is 0 Å². The Kier molecular flexibility index (Phi) is 7.53. The van der Waals surface area contributed by atoms with Crippen molar-refractivity contribution in [3.8, 4) is 0 Å². The summed E-state index contributed by atoms with van der Waals surface area (Å²) in [6, 6.07) is 15.4. The Bertz CT molecular complexity index is 311. The minimum Gasteiger partial charge on any atom is -0.0864 e. The van der Waals surface area contributed by atoms with Gasteiger partial charge in [-0.05, 0) is 23.9 Å². The highest BCUT2D eigenvalue weighted by molar-refractivity contribution is 14.1. The molecule has 1 atom stereocenters. The summed E-state index contributed by atoms with van der Waals surface area (Å²) in [5, 5.41) is 0. The summed E-state index contributed by atoms with van der Waals surface area (Å²) in [4.78, 5) is 0. The number of hydrogen-bond donors (Lipinski definition) is 0. The van der Waals surface area contributed by atoms with E-state index in [1.54, 1.807) is 0 Å². The van der Waals surface area contributed by atoms with E-state index in [0.29, 0.717) is 0 Å². The van der Waals surface area contributed by atoms with Gasteiger partial charge < -0.3 is 0 Å². The molecule has 1 aromatic carbocycles. The van der Waals surface area contributed by atoms with E-state index in [9.17, 15) is 0 Å². The largest absolute Gasteiger partial charge is 0.0864 e. The third-order valence-corrected chi connectivity index (χ3v) is 13.1. The lowest BCUT2D eigenvalue weighted by Crippen LogP contribution is -2.38. The minimum atomic E-state index is -1.01. The minimum absolute atomic E-state index is 0.998. The van der Waals surface area contributed by atoms with E-state index in [1.165, 1.54) is 41.0 Å². The second-order valence-corrected chi connectivity index (χ2v) is 11.8. The SMILES string of the molecule is CC[Si](CC)(CC)C(CI)CCc1ccccc1. The first-order valence-corrected chi connectivity index (χ1v) is 11.5. The molecule has 0 aromatic heterocycles. The van der Waals surface area contributed by atoms with Crippen LogP contribution in [-0.4, -0.2) is 12.5 Å². The molecule has 1 rings (SSSR count). The third-order valence-electron chi connectivity index (χ3n) is 4.79. The lowest BCUT2D eigenvalue weighted by atomic mass is 10.1. The maximum Gasteiger partial charge on any atom is 0.0566 e. The second kappa shape index (κ2) is 8.36. The number of aryl methyl sites for hydroxylation is 1. The predicted octanol–water partition coefficient (Wildman–Crippen LogP) is 5.93. The van der Waals surface area contributed by atoms with Gasteiger partial charge in [-0.3, -0.25) is 0 Å². The fraction of sp³-hybridized carbons (Fsp3) is 0.625. The summed E-state index contributed by atoms with van der Waals surface area (Å²) in [6.45, 7) is 7.29. The summed E-state index contributed by atoms with van der Waals surface area (Å²) in [5.74, 6) is 0. The molecule has 0 heterocycles. The van der Waals surface area contributed by atoms with Crippen LogP contribution in [0.5, 0.6) is 0 Å². The molecule has 0 saturated carbocycles. The van der Waals surface area contributed by atoms with Gasteiger partial charge in [0.05, 0.1) is 8.07 Å². The van der Waals surface area contributed by atoms with Crippen molar-refractivity contribution in [3.05, 3.63) is 35.9 Å². The Morgan fingerprint density at radius 2 is 1.56 bits per heavy atom. The van der Waals surface area contributed by atoms with Gasteiger partial charge in [0.2, 0.25) is 0 Å². The first kappa shape index (κ1) is 16.2. The molecule has 0 aliphatic rings. The molecule has 0 fully saturated rings. The van der Waals surface area contributed by atoms with Crippen molar-refractivity contribution in [2.75, 3.05) is 4.43 Å². The van der Waals surface area contributed by atoms with Crippen LogP contribution in [0.4, 0.5) is 0 Å². The first-order chi connectivity index (χ1) is 8.72. The molecule has 18 heavy (non-hydrogen) atoms. The van der Waals surface area contributed by atoms with Gasteiger partial charge in [0.15, 0.2) is 0 Å². The Morgan fingerprint density at radius 3 is 2.00 bits per heavy atom. The van der Waals surface area contributed by atoms with Crippen molar-refractivity contribution in [1.29, 1.82) is 0 Å². The van der Waals surface area contributed by atoms with E-state index < -0.39 is 8.07 Å². The highest BCUT2D eigenvalue weighted by atomic mass is 127. The third kappa shape index (κ3) is 4.09. The molecule has 2 heteroatoms. The topological polar surface area (TPSA) is 0 Å². The van der Waals surface area contributed by atoms with Gasteiger partial charge in [-0.2, -0.15) is 0 Å². The molecule has 1 unspecified atom stereocenters. The summed E-state index contributed by atoms with van der Waals surface area (Å²) >= 11 is 2.62. The Balaban J connectivity index is 2.66. The maximum absolute atomic E-state index is 2.62. The van der Waals surface area contributed by atoms with Crippen molar-refractivity contribution in [1.82, 2.24) is 0 Å². The molecule has 0 saturated heterocycles. The van der Waals surface area contributed by atoms with Crippen LogP contribution in [0.2, 0.25) is 23.7 Å². The number of hydrogen-bond acceptors (Lipinski definition) is 0. The molecule has 0 nitrogen and oxygen atoms in total. The Morgan fingerprint density at radius 1 is 1.00 bits per heavy atom. The molecule has 0 spiro atoms. The summed E-state index contributed by atoms with van der Waals surface area (Å²) in [6.07, 6.45) is 2.66. The zero-order valence-electron chi connectivity index (χ0n) is 12.1. The fourth-order valence-corrected chi connectivity index (χ4v) is 10.7. The zero-order valence-corrected chi connectivity index (χ0v) is 15.2. The number of benzene rings is 1. The van der Waals surface area contributed by atoms with Gasteiger partial charge in [0, 0.05) is 4.43 Å². The first-order valence-electron chi connectivity index (χ1n) is 7.32. The standard InChI is InChI=1S/C16H27ISi/c1-4-18(5-2,6-3)16(14-17)13-12-15-10-8-7-9-11-15/h7-11,16H,4-6,12-14H2,1-3H3. The van der Waals surface area contributed by atoms with E-state index in [0.717, 1.165) is 5.54 Å². The molecule has 0 aliphatic carbocycles. The molecule has 0 aliphatic heterocycles. The van der Waals surface area contributed by atoms with Gasteiger partial charge in [-0.25, -0.2) is 0 Å². The van der Waals surface area contributed by atoms with E-state index in [2.05, 4.69) is 73.7 Å². The van der Waals surface area contributed by atoms with E-state index in [4.69, 9.17) is 0 Å². The summed E-state index contributed by atoms with van der Waals surface area (Å²) < 4.78 is 1.35. The molecular weight excluding hydrogens is 347 g/mol. The van der Waals surface area contributed by atoms with Crippen LogP contribution in [0.15, 0.2) is 30.3 Å². The van der Waals surface area contributed by atoms with Crippen LogP contribution in [0, 0.1) is 0 Å².